The maximum absolute atomic E-state index is 12.6. The number of hydrogen-bond acceptors (Lipinski definition) is 3. The van der Waals surface area contributed by atoms with Crippen molar-refractivity contribution in [2.45, 2.75) is 45.4 Å². The molecule has 112 valence electrons. The summed E-state index contributed by atoms with van der Waals surface area (Å²) in [6.07, 6.45) is -2.05. The van der Waals surface area contributed by atoms with Crippen LogP contribution >= 0.6 is 11.6 Å². The number of rotatable bonds is 2. The molecule has 0 aliphatic heterocycles. The van der Waals surface area contributed by atoms with Crippen LogP contribution in [-0.2, 0) is 6.18 Å². The summed E-state index contributed by atoms with van der Waals surface area (Å²) in [5, 5.41) is -0.452. The normalized spacial score (nSPS) is 27.4. The highest BCUT2D eigenvalue weighted by atomic mass is 35.5. The molecule has 3 unspecified atom stereocenters. The van der Waals surface area contributed by atoms with E-state index in [-0.39, 0.29) is 12.0 Å². The molecule has 0 saturated heterocycles. The molecule has 0 aromatic carbocycles. The van der Waals surface area contributed by atoms with Gasteiger partial charge in [0.25, 0.3) is 0 Å². The molecule has 1 fully saturated rings. The Morgan fingerprint density at radius 3 is 2.50 bits per heavy atom. The lowest BCUT2D eigenvalue weighted by Crippen LogP contribution is -2.29. The second-order valence-electron chi connectivity index (χ2n) is 5.37. The zero-order chi connectivity index (χ0) is 14.9. The zero-order valence-electron chi connectivity index (χ0n) is 11.2. The molecule has 1 aromatic heterocycles. The van der Waals surface area contributed by atoms with Gasteiger partial charge in [0.1, 0.15) is 6.10 Å². The molecular weight excluding hydrogens is 293 g/mol. The average Bonchev–Trinajstić information content (AvgIpc) is 2.32. The Labute approximate surface area is 120 Å². The lowest BCUT2D eigenvalue weighted by molar-refractivity contribution is -0.141. The summed E-state index contributed by atoms with van der Waals surface area (Å²) in [6.45, 7) is 4.29. The van der Waals surface area contributed by atoms with Gasteiger partial charge in [-0.2, -0.15) is 18.2 Å². The number of aromatic nitrogens is 2. The van der Waals surface area contributed by atoms with Gasteiger partial charge in [0.15, 0.2) is 5.69 Å². The molecule has 3 nitrogen and oxygen atoms in total. The van der Waals surface area contributed by atoms with E-state index >= 15 is 0 Å². The second-order valence-corrected chi connectivity index (χ2v) is 5.70. The van der Waals surface area contributed by atoms with Crippen LogP contribution in [0.15, 0.2) is 6.07 Å². The predicted octanol–water partition coefficient (Wildman–Crippen LogP) is 4.35. The highest BCUT2D eigenvalue weighted by Crippen LogP contribution is 2.33. The van der Waals surface area contributed by atoms with Crippen LogP contribution in [0.5, 0.6) is 5.88 Å². The van der Waals surface area contributed by atoms with Gasteiger partial charge in [-0.1, -0.05) is 13.8 Å². The Kier molecular flexibility index (Phi) is 4.42. The summed E-state index contributed by atoms with van der Waals surface area (Å²) in [6, 6.07) is 0.800. The van der Waals surface area contributed by atoms with Gasteiger partial charge in [0, 0.05) is 6.07 Å². The molecule has 20 heavy (non-hydrogen) atoms. The van der Waals surface area contributed by atoms with E-state index in [1.807, 2.05) is 0 Å². The smallest absolute Gasteiger partial charge is 0.433 e. The van der Waals surface area contributed by atoms with Crippen LogP contribution in [0.2, 0.25) is 5.28 Å². The van der Waals surface area contributed by atoms with Gasteiger partial charge in [-0.15, -0.1) is 0 Å². The fourth-order valence-electron chi connectivity index (χ4n) is 2.38. The second kappa shape index (κ2) is 5.76. The van der Waals surface area contributed by atoms with Crippen molar-refractivity contribution >= 4 is 11.6 Å². The number of alkyl halides is 3. The molecule has 1 aromatic rings. The summed E-state index contributed by atoms with van der Waals surface area (Å²) in [7, 11) is 0. The van der Waals surface area contributed by atoms with Gasteiger partial charge in [-0.05, 0) is 42.7 Å². The van der Waals surface area contributed by atoms with Gasteiger partial charge in [0.05, 0.1) is 0 Å². The molecule has 0 spiro atoms. The minimum absolute atomic E-state index is 0.107. The van der Waals surface area contributed by atoms with E-state index in [0.717, 1.165) is 25.3 Å². The average molecular weight is 309 g/mol. The maximum Gasteiger partial charge on any atom is 0.433 e. The van der Waals surface area contributed by atoms with Crippen molar-refractivity contribution in [2.24, 2.45) is 11.8 Å². The van der Waals surface area contributed by atoms with Gasteiger partial charge < -0.3 is 4.74 Å². The Hall–Kier alpha value is -1.04. The first-order valence-corrected chi connectivity index (χ1v) is 6.92. The van der Waals surface area contributed by atoms with Crippen molar-refractivity contribution < 1.29 is 17.9 Å². The third-order valence-corrected chi connectivity index (χ3v) is 3.97. The van der Waals surface area contributed by atoms with E-state index in [1.54, 1.807) is 0 Å². The molecule has 1 saturated carbocycles. The fraction of sp³-hybridized carbons (Fsp3) is 0.692. The zero-order valence-corrected chi connectivity index (χ0v) is 12.0. The van der Waals surface area contributed by atoms with Gasteiger partial charge in [0.2, 0.25) is 11.2 Å². The van der Waals surface area contributed by atoms with Crippen molar-refractivity contribution in [3.8, 4) is 5.88 Å². The lowest BCUT2D eigenvalue weighted by Gasteiger charge is -2.31. The van der Waals surface area contributed by atoms with Crippen LogP contribution in [0.1, 0.15) is 38.8 Å². The Bertz CT molecular complexity index is 481. The number of hydrogen-bond donors (Lipinski definition) is 0. The van der Waals surface area contributed by atoms with Crippen molar-refractivity contribution in [1.82, 2.24) is 9.97 Å². The van der Waals surface area contributed by atoms with Crippen LogP contribution in [0.4, 0.5) is 13.2 Å². The first-order chi connectivity index (χ1) is 9.25. The third-order valence-electron chi connectivity index (χ3n) is 3.80. The Morgan fingerprint density at radius 1 is 1.20 bits per heavy atom. The van der Waals surface area contributed by atoms with Crippen molar-refractivity contribution in [1.29, 1.82) is 0 Å². The van der Waals surface area contributed by atoms with E-state index in [2.05, 4.69) is 23.8 Å². The van der Waals surface area contributed by atoms with Crippen LogP contribution < -0.4 is 4.74 Å². The fourth-order valence-corrected chi connectivity index (χ4v) is 2.55. The first-order valence-electron chi connectivity index (χ1n) is 6.54. The predicted molar refractivity (Wildman–Crippen MR) is 68.6 cm³/mol. The molecular formula is C13H16ClF3N2O. The lowest BCUT2D eigenvalue weighted by atomic mass is 9.80. The Morgan fingerprint density at radius 2 is 1.90 bits per heavy atom. The molecule has 0 N–H and O–H groups in total. The Balaban J connectivity index is 2.12. The monoisotopic (exact) mass is 308 g/mol. The van der Waals surface area contributed by atoms with Gasteiger partial charge in [-0.3, -0.25) is 0 Å². The first kappa shape index (κ1) is 15.4. The summed E-state index contributed by atoms with van der Waals surface area (Å²) < 4.78 is 43.5. The molecule has 7 heteroatoms. The number of halogens is 4. The molecule has 0 amide bonds. The van der Waals surface area contributed by atoms with Crippen molar-refractivity contribution in [3.05, 3.63) is 17.0 Å². The molecule has 3 atom stereocenters. The molecule has 1 aliphatic rings. The standard InChI is InChI=1S/C13H16ClF3N2O/c1-7-3-4-9(5-8(7)2)20-11-6-10(13(15,16)17)18-12(14)19-11/h6-9H,3-5H2,1-2H3. The van der Waals surface area contributed by atoms with Gasteiger partial charge in [-0.25, -0.2) is 4.98 Å². The van der Waals surface area contributed by atoms with Crippen LogP contribution in [0.25, 0.3) is 0 Å². The summed E-state index contributed by atoms with van der Waals surface area (Å²) >= 11 is 5.52. The van der Waals surface area contributed by atoms with Crippen LogP contribution in [0, 0.1) is 11.8 Å². The van der Waals surface area contributed by atoms with E-state index in [9.17, 15) is 13.2 Å². The summed E-state index contributed by atoms with van der Waals surface area (Å²) in [5.74, 6) is 0.979. The van der Waals surface area contributed by atoms with Crippen LogP contribution in [0.3, 0.4) is 0 Å². The molecule has 0 radical (unpaired) electrons. The van der Waals surface area contributed by atoms with Crippen molar-refractivity contribution in [2.75, 3.05) is 0 Å². The molecule has 0 bridgehead atoms. The third kappa shape index (κ3) is 3.75. The quantitative estimate of drug-likeness (QED) is 0.762. The molecule has 2 rings (SSSR count). The van der Waals surface area contributed by atoms with Crippen molar-refractivity contribution in [3.63, 3.8) is 0 Å². The summed E-state index contributed by atoms with van der Waals surface area (Å²) in [5.41, 5.74) is -1.08. The van der Waals surface area contributed by atoms with Gasteiger partial charge >= 0.3 is 6.18 Å². The summed E-state index contributed by atoms with van der Waals surface area (Å²) in [4.78, 5) is 6.89. The minimum Gasteiger partial charge on any atom is -0.474 e. The van der Waals surface area contributed by atoms with E-state index in [1.165, 1.54) is 0 Å². The molecule has 1 heterocycles. The number of nitrogens with zero attached hydrogens (tertiary/aromatic N) is 2. The topological polar surface area (TPSA) is 35.0 Å². The highest BCUT2D eigenvalue weighted by molar-refractivity contribution is 6.28. The van der Waals surface area contributed by atoms with E-state index in [0.29, 0.717) is 11.8 Å². The van der Waals surface area contributed by atoms with E-state index in [4.69, 9.17) is 16.3 Å². The van der Waals surface area contributed by atoms with Crippen LogP contribution in [-0.4, -0.2) is 16.1 Å². The largest absolute Gasteiger partial charge is 0.474 e. The minimum atomic E-state index is -4.56. The SMILES string of the molecule is CC1CCC(Oc2cc(C(F)(F)F)nc(Cl)n2)CC1C. The maximum atomic E-state index is 12.6. The molecule has 1 aliphatic carbocycles. The highest BCUT2D eigenvalue weighted by Gasteiger charge is 2.34. The van der Waals surface area contributed by atoms with E-state index < -0.39 is 17.2 Å². The number of ether oxygens (including phenoxy) is 1.